The third-order valence-corrected chi connectivity index (χ3v) is 6.53. The summed E-state index contributed by atoms with van der Waals surface area (Å²) in [5.74, 6) is -1.80. The predicted molar refractivity (Wildman–Crippen MR) is 125 cm³/mol. The van der Waals surface area contributed by atoms with Crippen molar-refractivity contribution < 1.29 is 27.9 Å². The SMILES string of the molecule is Cc1cc(C(=O)Nc2cc(-c3ccccc3)sc2C(=O)O)c(C)n1-c1ccccc1C(F)(F)F. The van der Waals surface area contributed by atoms with Crippen LogP contribution in [-0.4, -0.2) is 21.6 Å². The summed E-state index contributed by atoms with van der Waals surface area (Å²) in [5.41, 5.74) is 0.923. The second kappa shape index (κ2) is 8.83. The van der Waals surface area contributed by atoms with E-state index >= 15 is 0 Å². The quantitative estimate of drug-likeness (QED) is 0.328. The molecule has 9 heteroatoms. The number of aromatic nitrogens is 1. The summed E-state index contributed by atoms with van der Waals surface area (Å²) < 4.78 is 42.1. The smallest absolute Gasteiger partial charge is 0.418 e. The third kappa shape index (κ3) is 4.34. The normalized spacial score (nSPS) is 11.4. The molecule has 2 aromatic carbocycles. The maximum absolute atomic E-state index is 13.6. The van der Waals surface area contributed by atoms with Crippen LogP contribution >= 0.6 is 11.3 Å². The van der Waals surface area contributed by atoms with Crippen molar-refractivity contribution in [2.24, 2.45) is 0 Å². The van der Waals surface area contributed by atoms with Gasteiger partial charge in [-0.3, -0.25) is 4.79 Å². The molecule has 0 spiro atoms. The largest absolute Gasteiger partial charge is 0.477 e. The fraction of sp³-hybridized carbons (Fsp3) is 0.120. The molecule has 174 valence electrons. The van der Waals surface area contributed by atoms with Gasteiger partial charge in [0.15, 0.2) is 0 Å². The first kappa shape index (κ1) is 23.3. The van der Waals surface area contributed by atoms with Crippen LogP contribution in [0.1, 0.15) is 37.0 Å². The lowest BCUT2D eigenvalue weighted by molar-refractivity contribution is -0.137. The van der Waals surface area contributed by atoms with Gasteiger partial charge < -0.3 is 15.0 Å². The number of anilines is 1. The van der Waals surface area contributed by atoms with Crippen LogP contribution < -0.4 is 5.32 Å². The van der Waals surface area contributed by atoms with Gasteiger partial charge in [0.1, 0.15) is 4.88 Å². The first-order valence-electron chi connectivity index (χ1n) is 10.2. The lowest BCUT2D eigenvalue weighted by Crippen LogP contribution is -2.15. The number of thiophene rings is 1. The van der Waals surface area contributed by atoms with Crippen molar-refractivity contribution in [3.8, 4) is 16.1 Å². The number of halogens is 3. The van der Waals surface area contributed by atoms with Gasteiger partial charge in [0.05, 0.1) is 22.5 Å². The molecule has 0 saturated carbocycles. The second-order valence-corrected chi connectivity index (χ2v) is 8.67. The zero-order valence-electron chi connectivity index (χ0n) is 18.1. The number of hydrogen-bond acceptors (Lipinski definition) is 3. The lowest BCUT2D eigenvalue weighted by Gasteiger charge is -2.16. The minimum Gasteiger partial charge on any atom is -0.477 e. The van der Waals surface area contributed by atoms with Crippen molar-refractivity contribution in [2.45, 2.75) is 20.0 Å². The van der Waals surface area contributed by atoms with E-state index in [0.717, 1.165) is 23.0 Å². The van der Waals surface area contributed by atoms with Crippen LogP contribution in [0.25, 0.3) is 16.1 Å². The monoisotopic (exact) mass is 484 g/mol. The summed E-state index contributed by atoms with van der Waals surface area (Å²) >= 11 is 1.03. The molecule has 0 aliphatic rings. The van der Waals surface area contributed by atoms with Gasteiger partial charge in [0.25, 0.3) is 5.91 Å². The van der Waals surface area contributed by atoms with E-state index in [1.165, 1.54) is 28.8 Å². The molecular weight excluding hydrogens is 465 g/mol. The van der Waals surface area contributed by atoms with Gasteiger partial charge in [-0.05, 0) is 43.7 Å². The molecular formula is C25H19F3N2O3S. The van der Waals surface area contributed by atoms with E-state index in [-0.39, 0.29) is 21.8 Å². The molecule has 0 unspecified atom stereocenters. The average molecular weight is 484 g/mol. The Morgan fingerprint density at radius 1 is 0.971 bits per heavy atom. The Bertz CT molecular complexity index is 1390. The van der Waals surface area contributed by atoms with Crippen LogP contribution in [0.15, 0.2) is 66.7 Å². The molecule has 2 heterocycles. The maximum Gasteiger partial charge on any atom is 0.418 e. The van der Waals surface area contributed by atoms with Crippen LogP contribution in [-0.2, 0) is 6.18 Å². The molecule has 0 aliphatic carbocycles. The maximum atomic E-state index is 13.6. The Hall–Kier alpha value is -3.85. The number of aryl methyl sites for hydroxylation is 1. The number of carbonyl (C=O) groups is 2. The number of carbonyl (C=O) groups excluding carboxylic acids is 1. The topological polar surface area (TPSA) is 71.3 Å². The van der Waals surface area contributed by atoms with Crippen LogP contribution in [0.5, 0.6) is 0 Å². The highest BCUT2D eigenvalue weighted by Gasteiger charge is 2.34. The van der Waals surface area contributed by atoms with E-state index in [0.29, 0.717) is 16.3 Å². The zero-order chi connectivity index (χ0) is 24.6. The summed E-state index contributed by atoms with van der Waals surface area (Å²) in [7, 11) is 0. The molecule has 0 radical (unpaired) electrons. The molecule has 4 aromatic rings. The van der Waals surface area contributed by atoms with Gasteiger partial charge in [0, 0.05) is 16.3 Å². The Labute approximate surface area is 197 Å². The van der Waals surface area contributed by atoms with Crippen LogP contribution in [0.3, 0.4) is 0 Å². The van der Waals surface area contributed by atoms with Gasteiger partial charge in [-0.2, -0.15) is 13.2 Å². The first-order chi connectivity index (χ1) is 16.1. The Morgan fingerprint density at radius 2 is 1.62 bits per heavy atom. The third-order valence-electron chi connectivity index (χ3n) is 5.36. The van der Waals surface area contributed by atoms with Gasteiger partial charge in [-0.1, -0.05) is 42.5 Å². The standard InChI is InChI=1S/C25H19F3N2O3S/c1-14-12-17(15(2)30(14)20-11-7-6-10-18(20)25(26,27)28)23(31)29-19-13-21(34-22(19)24(32)33)16-8-4-3-5-9-16/h3-13H,1-2H3,(H,29,31)(H,32,33). The van der Waals surface area contributed by atoms with Crippen molar-refractivity contribution >= 4 is 28.9 Å². The highest BCUT2D eigenvalue weighted by Crippen LogP contribution is 2.37. The molecule has 34 heavy (non-hydrogen) atoms. The number of hydrogen-bond donors (Lipinski definition) is 2. The number of alkyl halides is 3. The van der Waals surface area contributed by atoms with Gasteiger partial charge in [0.2, 0.25) is 0 Å². The van der Waals surface area contributed by atoms with E-state index in [4.69, 9.17) is 0 Å². The predicted octanol–water partition coefficient (Wildman–Crippen LogP) is 6.79. The number of nitrogens with zero attached hydrogens (tertiary/aromatic N) is 1. The van der Waals surface area contributed by atoms with E-state index in [2.05, 4.69) is 5.32 Å². The molecule has 5 nitrogen and oxygen atoms in total. The Kier molecular flexibility index (Phi) is 6.05. The number of benzene rings is 2. The average Bonchev–Trinajstić information content (AvgIpc) is 3.34. The molecule has 0 aliphatic heterocycles. The minimum atomic E-state index is -4.57. The van der Waals surface area contributed by atoms with Crippen molar-refractivity contribution in [3.05, 3.63) is 94.1 Å². The minimum absolute atomic E-state index is 0.0385. The lowest BCUT2D eigenvalue weighted by atomic mass is 10.1. The van der Waals surface area contributed by atoms with Crippen LogP contribution in [0.2, 0.25) is 0 Å². The van der Waals surface area contributed by atoms with Crippen molar-refractivity contribution in [2.75, 3.05) is 5.32 Å². The van der Waals surface area contributed by atoms with E-state index in [9.17, 15) is 27.9 Å². The molecule has 2 aromatic heterocycles. The fourth-order valence-electron chi connectivity index (χ4n) is 3.85. The highest BCUT2D eigenvalue weighted by atomic mass is 32.1. The van der Waals surface area contributed by atoms with Gasteiger partial charge >= 0.3 is 12.1 Å². The van der Waals surface area contributed by atoms with Crippen molar-refractivity contribution in [3.63, 3.8) is 0 Å². The van der Waals surface area contributed by atoms with Crippen molar-refractivity contribution in [1.82, 2.24) is 4.57 Å². The van der Waals surface area contributed by atoms with E-state index < -0.39 is 23.6 Å². The van der Waals surface area contributed by atoms with E-state index in [1.54, 1.807) is 19.9 Å². The fourth-order valence-corrected chi connectivity index (χ4v) is 4.81. The number of carboxylic acid groups (broad SMARTS) is 1. The van der Waals surface area contributed by atoms with Gasteiger partial charge in [-0.15, -0.1) is 11.3 Å². The number of carboxylic acids is 1. The Morgan fingerprint density at radius 3 is 2.26 bits per heavy atom. The number of rotatable bonds is 5. The van der Waals surface area contributed by atoms with E-state index in [1.807, 2.05) is 30.3 Å². The van der Waals surface area contributed by atoms with Gasteiger partial charge in [-0.25, -0.2) is 4.79 Å². The summed E-state index contributed by atoms with van der Waals surface area (Å²) in [4.78, 5) is 25.5. The zero-order valence-corrected chi connectivity index (χ0v) is 18.9. The van der Waals surface area contributed by atoms with Crippen LogP contribution in [0.4, 0.5) is 18.9 Å². The van der Waals surface area contributed by atoms with Crippen LogP contribution in [0, 0.1) is 13.8 Å². The number of para-hydroxylation sites is 1. The first-order valence-corrected chi connectivity index (χ1v) is 11.0. The number of amides is 1. The summed E-state index contributed by atoms with van der Waals surface area (Å²) in [6.07, 6.45) is -4.57. The molecule has 1 amide bonds. The molecule has 0 bridgehead atoms. The Balaban J connectivity index is 1.72. The molecule has 4 rings (SSSR count). The summed E-state index contributed by atoms with van der Waals surface area (Å²) in [5, 5.41) is 12.2. The second-order valence-electron chi connectivity index (χ2n) is 7.61. The molecule has 2 N–H and O–H groups in total. The summed E-state index contributed by atoms with van der Waals surface area (Å²) in [6.45, 7) is 3.16. The highest BCUT2D eigenvalue weighted by molar-refractivity contribution is 7.18. The van der Waals surface area contributed by atoms with Crippen molar-refractivity contribution in [1.29, 1.82) is 0 Å². The molecule has 0 fully saturated rings. The number of aromatic carboxylic acids is 1. The number of nitrogens with one attached hydrogen (secondary N) is 1. The summed E-state index contributed by atoms with van der Waals surface area (Å²) in [6, 6.07) is 17.3. The molecule has 0 saturated heterocycles. The molecule has 0 atom stereocenters.